The highest BCUT2D eigenvalue weighted by atomic mass is 16.2. The minimum absolute atomic E-state index is 0.0697. The number of hydrogen-bond acceptors (Lipinski definition) is 4. The summed E-state index contributed by atoms with van der Waals surface area (Å²) in [5, 5.41) is 5.55. The molecule has 0 atom stereocenters. The van der Waals surface area contributed by atoms with Crippen LogP contribution in [0.25, 0.3) is 11.4 Å². The average molecular weight is 347 g/mol. The monoisotopic (exact) mass is 347 g/mol. The van der Waals surface area contributed by atoms with Gasteiger partial charge in [0.05, 0.1) is 17.0 Å². The van der Waals surface area contributed by atoms with Crippen LogP contribution in [0, 0.1) is 0 Å². The number of anilines is 1. The number of carbonyl (C=O) groups excluding carboxylic acids is 2. The number of hydrogen-bond donors (Lipinski definition) is 2. The van der Waals surface area contributed by atoms with Gasteiger partial charge >= 0.3 is 0 Å². The first kappa shape index (κ1) is 16.0. The molecule has 2 aromatic heterocycles. The third kappa shape index (κ3) is 2.83. The van der Waals surface area contributed by atoms with Crippen LogP contribution in [-0.2, 0) is 13.5 Å². The van der Waals surface area contributed by atoms with Crippen molar-refractivity contribution in [3.63, 3.8) is 0 Å². The summed E-state index contributed by atoms with van der Waals surface area (Å²) >= 11 is 0. The molecule has 0 saturated heterocycles. The Morgan fingerprint density at radius 1 is 1.23 bits per heavy atom. The molecule has 0 saturated carbocycles. The Labute approximate surface area is 150 Å². The normalized spacial score (nSPS) is 13.0. The van der Waals surface area contributed by atoms with Crippen molar-refractivity contribution < 1.29 is 9.59 Å². The van der Waals surface area contributed by atoms with Gasteiger partial charge in [0.2, 0.25) is 5.95 Å². The number of nitrogens with one attached hydrogen (secondary N) is 2. The van der Waals surface area contributed by atoms with E-state index in [1.807, 2.05) is 23.7 Å². The molecule has 1 aromatic carbocycles. The number of carbonyl (C=O) groups is 2. The lowest BCUT2D eigenvalue weighted by atomic mass is 10.1. The molecule has 130 valence electrons. The van der Waals surface area contributed by atoms with Crippen LogP contribution < -0.4 is 10.6 Å². The zero-order valence-corrected chi connectivity index (χ0v) is 14.2. The van der Waals surface area contributed by atoms with Crippen LogP contribution in [0.5, 0.6) is 0 Å². The molecule has 0 unspecified atom stereocenters. The lowest BCUT2D eigenvalue weighted by molar-refractivity contribution is 0.0944. The van der Waals surface area contributed by atoms with Gasteiger partial charge in [-0.1, -0.05) is 18.2 Å². The number of aromatic nitrogens is 3. The lowest BCUT2D eigenvalue weighted by Gasteiger charge is -2.14. The van der Waals surface area contributed by atoms with Gasteiger partial charge in [0.1, 0.15) is 0 Å². The van der Waals surface area contributed by atoms with E-state index in [-0.39, 0.29) is 17.8 Å². The number of rotatable bonds is 3. The fourth-order valence-electron chi connectivity index (χ4n) is 3.10. The number of fused-ring (bicyclic) bond motifs is 1. The first-order valence-corrected chi connectivity index (χ1v) is 8.30. The fraction of sp³-hybridized carbons (Fsp3) is 0.158. The summed E-state index contributed by atoms with van der Waals surface area (Å²) in [7, 11) is 1.91. The molecule has 7 heteroatoms. The van der Waals surface area contributed by atoms with Gasteiger partial charge in [-0.05, 0) is 24.3 Å². The first-order valence-electron chi connectivity index (χ1n) is 8.30. The standard InChI is InChI=1S/C19H17N5O2/c1-24-15-8-10-20-18(26)13(15)11-16(24)14-7-9-21-19(22-14)23-17(25)12-5-3-2-4-6-12/h2-7,9,11H,8,10H2,1H3,(H,20,26)(H,21,22,23,25). The van der Waals surface area contributed by atoms with Gasteiger partial charge < -0.3 is 9.88 Å². The highest BCUT2D eigenvalue weighted by molar-refractivity contribution is 6.03. The van der Waals surface area contributed by atoms with Crippen molar-refractivity contribution in [1.29, 1.82) is 0 Å². The van der Waals surface area contributed by atoms with Crippen LogP contribution in [0.1, 0.15) is 26.4 Å². The number of benzene rings is 1. The van der Waals surface area contributed by atoms with E-state index < -0.39 is 0 Å². The summed E-state index contributed by atoms with van der Waals surface area (Å²) in [5.74, 6) is -0.118. The Bertz CT molecular complexity index is 994. The highest BCUT2D eigenvalue weighted by Crippen LogP contribution is 2.26. The predicted octanol–water partition coefficient (Wildman–Crippen LogP) is 2.02. The molecule has 1 aliphatic rings. The molecule has 7 nitrogen and oxygen atoms in total. The van der Waals surface area contributed by atoms with Crippen molar-refractivity contribution in [2.45, 2.75) is 6.42 Å². The zero-order valence-electron chi connectivity index (χ0n) is 14.2. The second-order valence-corrected chi connectivity index (χ2v) is 6.04. The summed E-state index contributed by atoms with van der Waals surface area (Å²) in [6.45, 7) is 0.630. The maximum atomic E-state index is 12.3. The Morgan fingerprint density at radius 2 is 2.04 bits per heavy atom. The highest BCUT2D eigenvalue weighted by Gasteiger charge is 2.23. The molecular formula is C19H17N5O2. The van der Waals surface area contributed by atoms with Crippen molar-refractivity contribution in [3.8, 4) is 11.4 Å². The van der Waals surface area contributed by atoms with Crippen LogP contribution in [-0.4, -0.2) is 32.9 Å². The smallest absolute Gasteiger partial charge is 0.258 e. The van der Waals surface area contributed by atoms with E-state index in [0.717, 1.165) is 17.8 Å². The van der Waals surface area contributed by atoms with Crippen LogP contribution in [0.2, 0.25) is 0 Å². The van der Waals surface area contributed by atoms with Crippen molar-refractivity contribution in [1.82, 2.24) is 19.9 Å². The summed E-state index contributed by atoms with van der Waals surface area (Å²) in [4.78, 5) is 32.9. The SMILES string of the molecule is Cn1c(-c2ccnc(NC(=O)c3ccccc3)n2)cc2c1CCNC2=O. The maximum Gasteiger partial charge on any atom is 0.258 e. The quantitative estimate of drug-likeness (QED) is 0.759. The average Bonchev–Trinajstić information content (AvgIpc) is 3.01. The van der Waals surface area contributed by atoms with Crippen LogP contribution in [0.15, 0.2) is 48.7 Å². The Hall–Kier alpha value is -3.48. The van der Waals surface area contributed by atoms with Crippen molar-refractivity contribution in [3.05, 3.63) is 65.5 Å². The molecule has 0 bridgehead atoms. The Kier molecular flexibility index (Phi) is 3.96. The molecule has 2 amide bonds. The van der Waals surface area contributed by atoms with E-state index in [0.29, 0.717) is 23.4 Å². The summed E-state index contributed by atoms with van der Waals surface area (Å²) in [5.41, 5.74) is 3.64. The Balaban J connectivity index is 1.65. The maximum absolute atomic E-state index is 12.3. The molecule has 0 aliphatic carbocycles. The van der Waals surface area contributed by atoms with E-state index in [4.69, 9.17) is 0 Å². The van der Waals surface area contributed by atoms with Gasteiger partial charge in [0, 0.05) is 37.5 Å². The predicted molar refractivity (Wildman–Crippen MR) is 96.9 cm³/mol. The molecule has 26 heavy (non-hydrogen) atoms. The molecular weight excluding hydrogens is 330 g/mol. The molecule has 1 aliphatic heterocycles. The minimum atomic E-state index is -0.270. The van der Waals surface area contributed by atoms with Gasteiger partial charge in [-0.3, -0.25) is 14.9 Å². The van der Waals surface area contributed by atoms with Gasteiger partial charge in [-0.25, -0.2) is 9.97 Å². The second kappa shape index (κ2) is 6.44. The fourth-order valence-corrected chi connectivity index (χ4v) is 3.10. The largest absolute Gasteiger partial charge is 0.352 e. The molecule has 2 N–H and O–H groups in total. The van der Waals surface area contributed by atoms with E-state index in [2.05, 4.69) is 20.6 Å². The number of nitrogens with zero attached hydrogens (tertiary/aromatic N) is 3. The lowest BCUT2D eigenvalue weighted by Crippen LogP contribution is -2.31. The van der Waals surface area contributed by atoms with Crippen molar-refractivity contribution in [2.75, 3.05) is 11.9 Å². The third-order valence-corrected chi connectivity index (χ3v) is 4.43. The third-order valence-electron chi connectivity index (χ3n) is 4.43. The molecule has 4 rings (SSSR count). The van der Waals surface area contributed by atoms with Gasteiger partial charge in [0.15, 0.2) is 0 Å². The number of amides is 2. The molecule has 0 spiro atoms. The van der Waals surface area contributed by atoms with Crippen LogP contribution in [0.3, 0.4) is 0 Å². The van der Waals surface area contributed by atoms with E-state index in [9.17, 15) is 9.59 Å². The Morgan fingerprint density at radius 3 is 2.81 bits per heavy atom. The summed E-state index contributed by atoms with van der Waals surface area (Å²) < 4.78 is 1.97. The van der Waals surface area contributed by atoms with Gasteiger partial charge in [-0.15, -0.1) is 0 Å². The van der Waals surface area contributed by atoms with E-state index >= 15 is 0 Å². The molecule has 0 fully saturated rings. The van der Waals surface area contributed by atoms with Crippen LogP contribution >= 0.6 is 0 Å². The van der Waals surface area contributed by atoms with E-state index in [1.54, 1.807) is 36.5 Å². The topological polar surface area (TPSA) is 88.9 Å². The minimum Gasteiger partial charge on any atom is -0.352 e. The van der Waals surface area contributed by atoms with Gasteiger partial charge in [0.25, 0.3) is 11.8 Å². The first-order chi connectivity index (χ1) is 12.6. The molecule has 3 heterocycles. The van der Waals surface area contributed by atoms with Gasteiger partial charge in [-0.2, -0.15) is 0 Å². The van der Waals surface area contributed by atoms with Crippen molar-refractivity contribution >= 4 is 17.8 Å². The van der Waals surface area contributed by atoms with Crippen LogP contribution in [0.4, 0.5) is 5.95 Å². The van der Waals surface area contributed by atoms with Crippen molar-refractivity contribution in [2.24, 2.45) is 7.05 Å². The summed E-state index contributed by atoms with van der Waals surface area (Å²) in [6.07, 6.45) is 2.37. The molecule has 0 radical (unpaired) electrons. The van der Waals surface area contributed by atoms with E-state index in [1.165, 1.54) is 0 Å². The zero-order chi connectivity index (χ0) is 18.1. The summed E-state index contributed by atoms with van der Waals surface area (Å²) in [6, 6.07) is 12.5. The molecule has 3 aromatic rings. The second-order valence-electron chi connectivity index (χ2n) is 6.04.